The monoisotopic (exact) mass is 356 g/mol. The van der Waals surface area contributed by atoms with E-state index in [0.29, 0.717) is 18.8 Å². The predicted octanol–water partition coefficient (Wildman–Crippen LogP) is 5.33. The van der Waals surface area contributed by atoms with E-state index in [1.807, 2.05) is 12.1 Å². The molecular formula is C22H32N2O2. The second-order valence-corrected chi connectivity index (χ2v) is 8.30. The molecule has 1 heterocycles. The molecule has 0 radical (unpaired) electrons. The number of benzene rings is 1. The van der Waals surface area contributed by atoms with Crippen LogP contribution in [-0.4, -0.2) is 29.6 Å². The molecule has 1 saturated heterocycles. The number of hydrogen-bond donors (Lipinski definition) is 1. The summed E-state index contributed by atoms with van der Waals surface area (Å²) in [5.41, 5.74) is 2.03. The molecule has 0 bridgehead atoms. The van der Waals surface area contributed by atoms with Crippen molar-refractivity contribution in [3.8, 4) is 0 Å². The maximum absolute atomic E-state index is 12.8. The van der Waals surface area contributed by atoms with Crippen molar-refractivity contribution in [2.45, 2.75) is 83.0 Å². The number of carbonyl (C=O) groups is 1. The van der Waals surface area contributed by atoms with Crippen molar-refractivity contribution in [2.24, 2.45) is 5.92 Å². The third-order valence-corrected chi connectivity index (χ3v) is 6.47. The Morgan fingerprint density at radius 2 is 1.88 bits per heavy atom. The second kappa shape index (κ2) is 8.43. The minimum Gasteiger partial charge on any atom is -0.374 e. The van der Waals surface area contributed by atoms with Gasteiger partial charge in [0.25, 0.3) is 0 Å². The molecule has 2 aliphatic carbocycles. The highest BCUT2D eigenvalue weighted by Gasteiger charge is 2.37. The van der Waals surface area contributed by atoms with Crippen LogP contribution in [0.3, 0.4) is 0 Å². The van der Waals surface area contributed by atoms with Crippen molar-refractivity contribution in [1.82, 2.24) is 4.90 Å². The summed E-state index contributed by atoms with van der Waals surface area (Å²) in [6, 6.07) is 8.69. The van der Waals surface area contributed by atoms with Gasteiger partial charge in [0.1, 0.15) is 0 Å². The SMILES string of the molecule is O=C(Nc1cccc(COC2CCCCC2)c1)N1CCCC2CCCC21. The van der Waals surface area contributed by atoms with Crippen molar-refractivity contribution < 1.29 is 9.53 Å². The van der Waals surface area contributed by atoms with Gasteiger partial charge >= 0.3 is 6.03 Å². The molecule has 2 unspecified atom stereocenters. The molecule has 4 nitrogen and oxygen atoms in total. The first-order chi connectivity index (χ1) is 12.8. The zero-order valence-corrected chi connectivity index (χ0v) is 15.8. The molecule has 142 valence electrons. The van der Waals surface area contributed by atoms with Gasteiger partial charge in [-0.3, -0.25) is 0 Å². The smallest absolute Gasteiger partial charge is 0.322 e. The summed E-state index contributed by atoms with van der Waals surface area (Å²) >= 11 is 0. The highest BCUT2D eigenvalue weighted by atomic mass is 16.5. The Morgan fingerprint density at radius 3 is 2.77 bits per heavy atom. The Bertz CT molecular complexity index is 612. The number of fused-ring (bicyclic) bond motifs is 1. The first-order valence-corrected chi connectivity index (χ1v) is 10.6. The number of amides is 2. The molecule has 2 atom stereocenters. The van der Waals surface area contributed by atoms with E-state index in [-0.39, 0.29) is 6.03 Å². The summed E-state index contributed by atoms with van der Waals surface area (Å²) in [5.74, 6) is 0.727. The topological polar surface area (TPSA) is 41.6 Å². The normalized spacial score (nSPS) is 26.5. The molecule has 0 spiro atoms. The van der Waals surface area contributed by atoms with Crippen LogP contribution in [0.4, 0.5) is 10.5 Å². The van der Waals surface area contributed by atoms with Gasteiger partial charge in [-0.2, -0.15) is 0 Å². The molecule has 2 saturated carbocycles. The Balaban J connectivity index is 1.33. The third-order valence-electron chi connectivity index (χ3n) is 6.47. The number of likely N-dealkylation sites (tertiary alicyclic amines) is 1. The van der Waals surface area contributed by atoms with Crippen LogP contribution < -0.4 is 5.32 Å². The predicted molar refractivity (Wildman–Crippen MR) is 104 cm³/mol. The van der Waals surface area contributed by atoms with Crippen LogP contribution in [0, 0.1) is 5.92 Å². The number of nitrogens with one attached hydrogen (secondary N) is 1. The molecule has 1 aromatic carbocycles. The molecule has 0 aromatic heterocycles. The van der Waals surface area contributed by atoms with Crippen LogP contribution in [0.5, 0.6) is 0 Å². The Kier molecular flexibility index (Phi) is 5.78. The average Bonchev–Trinajstić information content (AvgIpc) is 3.16. The number of nitrogens with zero attached hydrogens (tertiary/aromatic N) is 1. The minimum atomic E-state index is 0.0759. The molecule has 3 fully saturated rings. The molecule has 2 amide bonds. The van der Waals surface area contributed by atoms with E-state index in [9.17, 15) is 4.79 Å². The molecule has 1 aliphatic heterocycles. The van der Waals surface area contributed by atoms with Crippen molar-refractivity contribution in [1.29, 1.82) is 0 Å². The Morgan fingerprint density at radius 1 is 1.04 bits per heavy atom. The first kappa shape index (κ1) is 17.8. The molecule has 4 rings (SSSR count). The number of urea groups is 1. The quantitative estimate of drug-likeness (QED) is 0.792. The lowest BCUT2D eigenvalue weighted by atomic mass is 9.92. The minimum absolute atomic E-state index is 0.0759. The lowest BCUT2D eigenvalue weighted by molar-refractivity contribution is 0.0169. The largest absolute Gasteiger partial charge is 0.374 e. The van der Waals surface area contributed by atoms with Crippen molar-refractivity contribution >= 4 is 11.7 Å². The van der Waals surface area contributed by atoms with E-state index in [2.05, 4.69) is 22.3 Å². The van der Waals surface area contributed by atoms with Crippen molar-refractivity contribution in [3.63, 3.8) is 0 Å². The number of ether oxygens (including phenoxy) is 1. The van der Waals surface area contributed by atoms with Gasteiger partial charge < -0.3 is 15.0 Å². The number of piperidine rings is 1. The highest BCUT2D eigenvalue weighted by molar-refractivity contribution is 5.89. The zero-order chi connectivity index (χ0) is 17.8. The Hall–Kier alpha value is -1.55. The van der Waals surface area contributed by atoms with E-state index >= 15 is 0 Å². The van der Waals surface area contributed by atoms with Gasteiger partial charge in [-0.1, -0.05) is 37.8 Å². The van der Waals surface area contributed by atoms with Crippen LogP contribution in [-0.2, 0) is 11.3 Å². The summed E-state index contributed by atoms with van der Waals surface area (Å²) < 4.78 is 6.08. The van der Waals surface area contributed by atoms with Crippen molar-refractivity contribution in [2.75, 3.05) is 11.9 Å². The van der Waals surface area contributed by atoms with Crippen molar-refractivity contribution in [3.05, 3.63) is 29.8 Å². The summed E-state index contributed by atoms with van der Waals surface area (Å²) in [4.78, 5) is 14.9. The fourth-order valence-electron chi connectivity index (χ4n) is 5.09. The standard InChI is InChI=1S/C22H32N2O2/c25-22(24-14-6-9-18-8-5-13-21(18)24)23-19-10-4-7-17(15-19)16-26-20-11-2-1-3-12-20/h4,7,10,15,18,20-21H,1-3,5-6,8-9,11-14,16H2,(H,23,25). The van der Waals surface area contributed by atoms with Gasteiger partial charge in [0, 0.05) is 18.3 Å². The summed E-state index contributed by atoms with van der Waals surface area (Å²) in [6.07, 6.45) is 12.9. The number of hydrogen-bond acceptors (Lipinski definition) is 2. The van der Waals surface area contributed by atoms with E-state index < -0.39 is 0 Å². The maximum Gasteiger partial charge on any atom is 0.322 e. The fraction of sp³-hybridized carbons (Fsp3) is 0.682. The molecule has 26 heavy (non-hydrogen) atoms. The van der Waals surface area contributed by atoms with Gasteiger partial charge in [0.05, 0.1) is 12.7 Å². The first-order valence-electron chi connectivity index (χ1n) is 10.6. The molecular weight excluding hydrogens is 324 g/mol. The fourth-order valence-corrected chi connectivity index (χ4v) is 5.09. The average molecular weight is 357 g/mol. The van der Waals surface area contributed by atoms with Crippen LogP contribution in [0.25, 0.3) is 0 Å². The van der Waals surface area contributed by atoms with Gasteiger partial charge in [-0.05, 0) is 62.1 Å². The van der Waals surface area contributed by atoms with Crippen LogP contribution in [0.15, 0.2) is 24.3 Å². The molecule has 4 heteroatoms. The third kappa shape index (κ3) is 4.22. The lowest BCUT2D eigenvalue weighted by Gasteiger charge is -2.37. The van der Waals surface area contributed by atoms with Crippen LogP contribution >= 0.6 is 0 Å². The number of rotatable bonds is 4. The maximum atomic E-state index is 12.8. The van der Waals surface area contributed by atoms with E-state index in [1.54, 1.807) is 0 Å². The van der Waals surface area contributed by atoms with E-state index in [4.69, 9.17) is 4.74 Å². The number of carbonyl (C=O) groups excluding carboxylic acids is 1. The summed E-state index contributed by atoms with van der Waals surface area (Å²) in [7, 11) is 0. The molecule has 1 N–H and O–H groups in total. The van der Waals surface area contributed by atoms with Crippen LogP contribution in [0.1, 0.15) is 69.8 Å². The summed E-state index contributed by atoms with van der Waals surface area (Å²) in [5, 5.41) is 3.13. The second-order valence-electron chi connectivity index (χ2n) is 8.30. The molecule has 3 aliphatic rings. The van der Waals surface area contributed by atoms with Gasteiger partial charge in [0.2, 0.25) is 0 Å². The van der Waals surface area contributed by atoms with E-state index in [1.165, 1.54) is 57.8 Å². The van der Waals surface area contributed by atoms with Gasteiger partial charge in [-0.15, -0.1) is 0 Å². The molecule has 1 aromatic rings. The van der Waals surface area contributed by atoms with Crippen LogP contribution in [0.2, 0.25) is 0 Å². The number of anilines is 1. The Labute approximate surface area is 157 Å². The summed E-state index contributed by atoms with van der Waals surface area (Å²) in [6.45, 7) is 1.54. The van der Waals surface area contributed by atoms with E-state index in [0.717, 1.165) is 30.1 Å². The van der Waals surface area contributed by atoms with Gasteiger partial charge in [0.15, 0.2) is 0 Å². The highest BCUT2D eigenvalue weighted by Crippen LogP contribution is 2.37. The van der Waals surface area contributed by atoms with Gasteiger partial charge in [-0.25, -0.2) is 4.79 Å². The lowest BCUT2D eigenvalue weighted by Crippen LogP contribution is -2.48. The zero-order valence-electron chi connectivity index (χ0n) is 15.8.